The van der Waals surface area contributed by atoms with Gasteiger partial charge in [-0.1, -0.05) is 0 Å². The summed E-state index contributed by atoms with van der Waals surface area (Å²) in [6, 6.07) is 6.99. The topological polar surface area (TPSA) is 73.6 Å². The summed E-state index contributed by atoms with van der Waals surface area (Å²) in [6.45, 7) is 2.57. The standard InChI is InChI=1S/C13H12N2O4/c1-2-15-10(13(16)17)6-9(14-15)8-3-4-11-12(5-8)19-7-18-11/h3-6H,2,7H2,1H3,(H,16,17). The average molecular weight is 260 g/mol. The van der Waals surface area contributed by atoms with E-state index in [1.165, 1.54) is 4.68 Å². The molecule has 0 radical (unpaired) electrons. The monoisotopic (exact) mass is 260 g/mol. The third-order valence-corrected chi connectivity index (χ3v) is 2.97. The highest BCUT2D eigenvalue weighted by Gasteiger charge is 2.18. The predicted octanol–water partition coefficient (Wildman–Crippen LogP) is 2.00. The van der Waals surface area contributed by atoms with Crippen LogP contribution in [-0.4, -0.2) is 27.6 Å². The first kappa shape index (κ1) is 11.6. The summed E-state index contributed by atoms with van der Waals surface area (Å²) in [7, 11) is 0. The summed E-state index contributed by atoms with van der Waals surface area (Å²) in [5, 5.41) is 13.4. The number of benzene rings is 1. The molecule has 0 atom stereocenters. The van der Waals surface area contributed by atoms with Crippen molar-refractivity contribution in [3.63, 3.8) is 0 Å². The van der Waals surface area contributed by atoms with E-state index < -0.39 is 5.97 Å². The Labute approximate surface area is 109 Å². The molecule has 3 rings (SSSR count). The number of aryl methyl sites for hydroxylation is 1. The predicted molar refractivity (Wildman–Crippen MR) is 66.4 cm³/mol. The number of carboxylic acid groups (broad SMARTS) is 1. The Morgan fingerprint density at radius 1 is 1.37 bits per heavy atom. The molecule has 19 heavy (non-hydrogen) atoms. The van der Waals surface area contributed by atoms with E-state index >= 15 is 0 Å². The number of fused-ring (bicyclic) bond motifs is 1. The summed E-state index contributed by atoms with van der Waals surface area (Å²) in [4.78, 5) is 11.1. The van der Waals surface area contributed by atoms with Crippen LogP contribution >= 0.6 is 0 Å². The quantitative estimate of drug-likeness (QED) is 0.913. The number of hydrogen-bond acceptors (Lipinski definition) is 4. The summed E-state index contributed by atoms with van der Waals surface area (Å²) in [5.74, 6) is 0.360. The first-order chi connectivity index (χ1) is 9.19. The molecule has 2 aromatic rings. The zero-order valence-electron chi connectivity index (χ0n) is 10.3. The molecular weight excluding hydrogens is 248 g/mol. The third kappa shape index (κ3) is 1.91. The van der Waals surface area contributed by atoms with Crippen LogP contribution in [-0.2, 0) is 6.54 Å². The van der Waals surface area contributed by atoms with E-state index in [9.17, 15) is 4.79 Å². The van der Waals surface area contributed by atoms with Gasteiger partial charge in [-0.05, 0) is 31.2 Å². The van der Waals surface area contributed by atoms with Gasteiger partial charge in [-0.2, -0.15) is 5.10 Å². The second-order valence-corrected chi connectivity index (χ2v) is 4.10. The van der Waals surface area contributed by atoms with E-state index in [1.807, 2.05) is 13.0 Å². The van der Waals surface area contributed by atoms with Crippen molar-refractivity contribution in [1.29, 1.82) is 0 Å². The second-order valence-electron chi connectivity index (χ2n) is 4.10. The van der Waals surface area contributed by atoms with Crippen molar-refractivity contribution < 1.29 is 19.4 Å². The molecule has 0 aliphatic carbocycles. The van der Waals surface area contributed by atoms with Crippen LogP contribution in [0.4, 0.5) is 0 Å². The highest BCUT2D eigenvalue weighted by atomic mass is 16.7. The van der Waals surface area contributed by atoms with Crippen molar-refractivity contribution >= 4 is 5.97 Å². The summed E-state index contributed by atoms with van der Waals surface area (Å²) in [5.41, 5.74) is 1.59. The molecule has 1 aromatic carbocycles. The molecule has 0 amide bonds. The molecule has 0 saturated heterocycles. The van der Waals surface area contributed by atoms with E-state index in [0.717, 1.165) is 5.56 Å². The first-order valence-electron chi connectivity index (χ1n) is 5.90. The molecule has 0 bridgehead atoms. The van der Waals surface area contributed by atoms with E-state index in [1.54, 1.807) is 18.2 Å². The van der Waals surface area contributed by atoms with E-state index in [4.69, 9.17) is 14.6 Å². The van der Waals surface area contributed by atoms with Crippen LogP contribution in [0.2, 0.25) is 0 Å². The molecule has 6 heteroatoms. The van der Waals surface area contributed by atoms with Crippen molar-refractivity contribution in [2.24, 2.45) is 0 Å². The zero-order chi connectivity index (χ0) is 13.4. The fourth-order valence-corrected chi connectivity index (χ4v) is 2.03. The van der Waals surface area contributed by atoms with Gasteiger partial charge in [0.1, 0.15) is 5.69 Å². The molecule has 1 aliphatic rings. The molecule has 1 N–H and O–H groups in total. The molecule has 0 unspecified atom stereocenters. The lowest BCUT2D eigenvalue weighted by atomic mass is 10.1. The van der Waals surface area contributed by atoms with Gasteiger partial charge in [0.25, 0.3) is 0 Å². The molecular formula is C13H12N2O4. The maximum atomic E-state index is 11.1. The van der Waals surface area contributed by atoms with Crippen molar-refractivity contribution in [3.05, 3.63) is 30.0 Å². The minimum Gasteiger partial charge on any atom is -0.477 e. The Morgan fingerprint density at radius 3 is 2.84 bits per heavy atom. The second kappa shape index (κ2) is 4.31. The Bertz CT molecular complexity index is 648. The van der Waals surface area contributed by atoms with Gasteiger partial charge in [-0.3, -0.25) is 4.68 Å². The van der Waals surface area contributed by atoms with Crippen LogP contribution in [0.3, 0.4) is 0 Å². The number of nitrogens with zero attached hydrogens (tertiary/aromatic N) is 2. The summed E-state index contributed by atoms with van der Waals surface area (Å²) < 4.78 is 12.0. The largest absolute Gasteiger partial charge is 0.477 e. The van der Waals surface area contributed by atoms with Gasteiger partial charge >= 0.3 is 5.97 Å². The fraction of sp³-hybridized carbons (Fsp3) is 0.231. The smallest absolute Gasteiger partial charge is 0.354 e. The van der Waals surface area contributed by atoms with E-state index in [-0.39, 0.29) is 12.5 Å². The minimum atomic E-state index is -0.985. The molecule has 0 spiro atoms. The highest BCUT2D eigenvalue weighted by Crippen LogP contribution is 2.35. The highest BCUT2D eigenvalue weighted by molar-refractivity contribution is 5.87. The maximum absolute atomic E-state index is 11.1. The number of rotatable bonds is 3. The Balaban J connectivity index is 2.04. The average Bonchev–Trinajstić information content (AvgIpc) is 3.04. The Morgan fingerprint density at radius 2 is 2.16 bits per heavy atom. The summed E-state index contributed by atoms with van der Waals surface area (Å²) >= 11 is 0. The molecule has 0 saturated carbocycles. The van der Waals surface area contributed by atoms with Gasteiger partial charge < -0.3 is 14.6 Å². The van der Waals surface area contributed by atoms with E-state index in [2.05, 4.69) is 5.10 Å². The van der Waals surface area contributed by atoms with Gasteiger partial charge in [0.05, 0.1) is 5.69 Å². The number of aromatic nitrogens is 2. The molecule has 1 aliphatic heterocycles. The number of hydrogen-bond donors (Lipinski definition) is 1. The zero-order valence-corrected chi connectivity index (χ0v) is 10.3. The van der Waals surface area contributed by atoms with Gasteiger partial charge in [0, 0.05) is 12.1 Å². The van der Waals surface area contributed by atoms with Crippen molar-refractivity contribution in [2.45, 2.75) is 13.5 Å². The van der Waals surface area contributed by atoms with Crippen LogP contribution in [0, 0.1) is 0 Å². The minimum absolute atomic E-state index is 0.176. The number of carbonyl (C=O) groups is 1. The number of carboxylic acids is 1. The molecule has 1 aromatic heterocycles. The normalized spacial score (nSPS) is 12.7. The van der Waals surface area contributed by atoms with Crippen LogP contribution in [0.1, 0.15) is 17.4 Å². The van der Waals surface area contributed by atoms with Gasteiger partial charge in [0.2, 0.25) is 6.79 Å². The van der Waals surface area contributed by atoms with Crippen LogP contribution in [0.5, 0.6) is 11.5 Å². The van der Waals surface area contributed by atoms with Crippen LogP contribution < -0.4 is 9.47 Å². The lowest BCUT2D eigenvalue weighted by Gasteiger charge is -2.00. The van der Waals surface area contributed by atoms with Gasteiger partial charge in [0.15, 0.2) is 11.5 Å². The van der Waals surface area contributed by atoms with Crippen molar-refractivity contribution in [2.75, 3.05) is 6.79 Å². The van der Waals surface area contributed by atoms with Crippen LogP contribution in [0.15, 0.2) is 24.3 Å². The molecule has 2 heterocycles. The van der Waals surface area contributed by atoms with Gasteiger partial charge in [-0.15, -0.1) is 0 Å². The van der Waals surface area contributed by atoms with Crippen molar-refractivity contribution in [3.8, 4) is 22.8 Å². The molecule has 0 fully saturated rings. The molecule has 6 nitrogen and oxygen atoms in total. The maximum Gasteiger partial charge on any atom is 0.354 e. The Kier molecular flexibility index (Phi) is 2.63. The Hall–Kier alpha value is -2.50. The molecule has 98 valence electrons. The third-order valence-electron chi connectivity index (χ3n) is 2.97. The first-order valence-corrected chi connectivity index (χ1v) is 5.90. The van der Waals surface area contributed by atoms with E-state index in [0.29, 0.717) is 23.7 Å². The lowest BCUT2D eigenvalue weighted by Crippen LogP contribution is -2.07. The SMILES string of the molecule is CCn1nc(-c2ccc3c(c2)OCO3)cc1C(=O)O. The van der Waals surface area contributed by atoms with Crippen LogP contribution in [0.25, 0.3) is 11.3 Å². The van der Waals surface area contributed by atoms with Crippen molar-refractivity contribution in [1.82, 2.24) is 9.78 Å². The number of aromatic carboxylic acids is 1. The fourth-order valence-electron chi connectivity index (χ4n) is 2.03. The number of ether oxygens (including phenoxy) is 2. The lowest BCUT2D eigenvalue weighted by molar-refractivity contribution is 0.0683. The summed E-state index contributed by atoms with van der Waals surface area (Å²) in [6.07, 6.45) is 0. The van der Waals surface area contributed by atoms with Gasteiger partial charge in [-0.25, -0.2) is 4.79 Å².